The smallest absolute Gasteiger partial charge is 0.271 e. The van der Waals surface area contributed by atoms with Crippen molar-refractivity contribution in [2.75, 3.05) is 7.11 Å². The molecule has 2 aromatic carbocycles. The molecule has 182 valence electrons. The summed E-state index contributed by atoms with van der Waals surface area (Å²) in [5.74, 6) is 2.55. The van der Waals surface area contributed by atoms with Gasteiger partial charge in [-0.3, -0.25) is 9.36 Å². The number of thiazole rings is 1. The molecule has 36 heavy (non-hydrogen) atoms. The summed E-state index contributed by atoms with van der Waals surface area (Å²) in [5.41, 5.74) is 2.40. The lowest BCUT2D eigenvalue weighted by Crippen LogP contribution is -2.22. The Morgan fingerprint density at radius 1 is 1.08 bits per heavy atom. The number of nitrogens with zero attached hydrogens (tertiary/aromatic N) is 4. The van der Waals surface area contributed by atoms with Crippen molar-refractivity contribution in [3.05, 3.63) is 106 Å². The molecular weight excluding hydrogens is 494 g/mol. The molecule has 0 spiro atoms. The van der Waals surface area contributed by atoms with E-state index in [0.29, 0.717) is 30.2 Å². The molecule has 0 bridgehead atoms. The summed E-state index contributed by atoms with van der Waals surface area (Å²) in [5, 5.41) is 15.1. The number of nitrogens with one attached hydrogen (secondary N) is 1. The minimum absolute atomic E-state index is 0.235. The fraction of sp³-hybridized carbons (Fsp3) is 0.154. The van der Waals surface area contributed by atoms with Crippen LogP contribution < -0.4 is 10.1 Å². The third-order valence-corrected chi connectivity index (χ3v) is 7.32. The average molecular weight is 518 g/mol. The normalized spacial score (nSPS) is 10.9. The van der Waals surface area contributed by atoms with Crippen LogP contribution in [0.4, 0.5) is 0 Å². The van der Waals surface area contributed by atoms with Crippen LogP contribution in [0.1, 0.15) is 32.6 Å². The summed E-state index contributed by atoms with van der Waals surface area (Å²) in [7, 11) is 1.65. The standard InChI is InChI=1S/C26H23N5O3S2/c1-33-22-12-6-5-11-21(22)31-23(14-18-8-3-2-4-9-18)29-30-26(31)36-17-24-28-20(16-35-24)25(32)27-15-19-10-7-13-34-19/h2-13,16H,14-15,17H2,1H3,(H,27,32). The molecule has 10 heteroatoms. The van der Waals surface area contributed by atoms with E-state index in [0.717, 1.165) is 33.0 Å². The summed E-state index contributed by atoms with van der Waals surface area (Å²) < 4.78 is 12.9. The second-order valence-electron chi connectivity index (χ2n) is 7.75. The Balaban J connectivity index is 1.34. The Morgan fingerprint density at radius 2 is 1.92 bits per heavy atom. The van der Waals surface area contributed by atoms with Gasteiger partial charge in [-0.05, 0) is 29.8 Å². The van der Waals surface area contributed by atoms with Crippen LogP contribution >= 0.6 is 23.1 Å². The van der Waals surface area contributed by atoms with Crippen molar-refractivity contribution in [2.45, 2.75) is 23.9 Å². The Bertz CT molecular complexity index is 1430. The number of para-hydroxylation sites is 2. The number of hydrogen-bond donors (Lipinski definition) is 1. The van der Waals surface area contributed by atoms with Crippen LogP contribution in [0.3, 0.4) is 0 Å². The highest BCUT2D eigenvalue weighted by Gasteiger charge is 2.19. The number of hydrogen-bond acceptors (Lipinski definition) is 8. The molecule has 0 fully saturated rings. The molecule has 0 atom stereocenters. The van der Waals surface area contributed by atoms with Crippen molar-refractivity contribution < 1.29 is 13.9 Å². The largest absolute Gasteiger partial charge is 0.495 e. The highest BCUT2D eigenvalue weighted by Crippen LogP contribution is 2.31. The van der Waals surface area contributed by atoms with Crippen LogP contribution in [0.15, 0.2) is 87.9 Å². The number of carbonyl (C=O) groups excluding carboxylic acids is 1. The predicted octanol–water partition coefficient (Wildman–Crippen LogP) is 5.14. The second kappa shape index (κ2) is 11.2. The van der Waals surface area contributed by atoms with Crippen LogP contribution in [0.25, 0.3) is 5.69 Å². The number of methoxy groups -OCH3 is 1. The maximum atomic E-state index is 12.5. The molecule has 3 heterocycles. The fourth-order valence-corrected chi connectivity index (χ4v) is 5.38. The van der Waals surface area contributed by atoms with E-state index in [4.69, 9.17) is 9.15 Å². The lowest BCUT2D eigenvalue weighted by Gasteiger charge is -2.13. The van der Waals surface area contributed by atoms with Crippen molar-refractivity contribution in [1.82, 2.24) is 25.1 Å². The molecule has 5 rings (SSSR count). The highest BCUT2D eigenvalue weighted by molar-refractivity contribution is 7.98. The molecular formula is C26H23N5O3S2. The first-order valence-corrected chi connectivity index (χ1v) is 13.1. The van der Waals surface area contributed by atoms with E-state index in [1.165, 1.54) is 23.1 Å². The Morgan fingerprint density at radius 3 is 2.72 bits per heavy atom. The van der Waals surface area contributed by atoms with Crippen molar-refractivity contribution in [1.29, 1.82) is 0 Å². The second-order valence-corrected chi connectivity index (χ2v) is 9.63. The van der Waals surface area contributed by atoms with E-state index in [-0.39, 0.29) is 5.91 Å². The summed E-state index contributed by atoms with van der Waals surface area (Å²) in [6, 6.07) is 21.6. The van der Waals surface area contributed by atoms with E-state index in [1.807, 2.05) is 53.1 Å². The zero-order valence-corrected chi connectivity index (χ0v) is 21.1. The quantitative estimate of drug-likeness (QED) is 0.256. The maximum Gasteiger partial charge on any atom is 0.271 e. The van der Waals surface area contributed by atoms with Crippen molar-refractivity contribution >= 4 is 29.0 Å². The molecule has 0 radical (unpaired) electrons. The third kappa shape index (κ3) is 5.50. The number of carbonyl (C=O) groups is 1. The third-order valence-electron chi connectivity index (χ3n) is 5.34. The molecule has 8 nitrogen and oxygen atoms in total. The Labute approximate surface area is 216 Å². The minimum Gasteiger partial charge on any atom is -0.495 e. The zero-order chi connectivity index (χ0) is 24.7. The summed E-state index contributed by atoms with van der Waals surface area (Å²) in [6.07, 6.45) is 2.21. The Kier molecular flexibility index (Phi) is 7.44. The molecule has 1 N–H and O–H groups in total. The minimum atomic E-state index is -0.235. The van der Waals surface area contributed by atoms with Crippen molar-refractivity contribution in [3.8, 4) is 11.4 Å². The number of rotatable bonds is 10. The first-order chi connectivity index (χ1) is 17.7. The van der Waals surface area contributed by atoms with E-state index >= 15 is 0 Å². The summed E-state index contributed by atoms with van der Waals surface area (Å²) in [6.45, 7) is 0.319. The first kappa shape index (κ1) is 23.8. The van der Waals surface area contributed by atoms with Gasteiger partial charge in [0.25, 0.3) is 5.91 Å². The molecule has 3 aromatic heterocycles. The molecule has 0 saturated carbocycles. The fourth-order valence-electron chi connectivity index (χ4n) is 3.62. The average Bonchev–Trinajstić information content (AvgIpc) is 3.68. The van der Waals surface area contributed by atoms with Crippen LogP contribution in [0, 0.1) is 0 Å². The van der Waals surface area contributed by atoms with Gasteiger partial charge < -0.3 is 14.5 Å². The van der Waals surface area contributed by atoms with Crippen molar-refractivity contribution in [2.24, 2.45) is 0 Å². The number of amides is 1. The topological polar surface area (TPSA) is 95.1 Å². The van der Waals surface area contributed by atoms with Gasteiger partial charge in [0, 0.05) is 11.8 Å². The Hall–Kier alpha value is -3.89. The number of aromatic nitrogens is 4. The van der Waals surface area contributed by atoms with Gasteiger partial charge in [0.15, 0.2) is 5.16 Å². The van der Waals surface area contributed by atoms with Crippen LogP contribution in [-0.4, -0.2) is 32.8 Å². The van der Waals surface area contributed by atoms with E-state index in [2.05, 4.69) is 32.6 Å². The van der Waals surface area contributed by atoms with Gasteiger partial charge in [-0.25, -0.2) is 4.98 Å². The van der Waals surface area contributed by atoms with Gasteiger partial charge in [0.2, 0.25) is 0 Å². The molecule has 0 aliphatic carbocycles. The molecule has 1 amide bonds. The number of thioether (sulfide) groups is 1. The number of ether oxygens (including phenoxy) is 1. The van der Waals surface area contributed by atoms with E-state index in [9.17, 15) is 4.79 Å². The van der Waals surface area contributed by atoms with Gasteiger partial charge in [0.05, 0.1) is 31.4 Å². The van der Waals surface area contributed by atoms with Gasteiger partial charge in [-0.2, -0.15) is 0 Å². The number of benzene rings is 2. The van der Waals surface area contributed by atoms with Gasteiger partial charge in [-0.15, -0.1) is 21.5 Å². The monoisotopic (exact) mass is 517 g/mol. The summed E-state index contributed by atoms with van der Waals surface area (Å²) >= 11 is 2.96. The highest BCUT2D eigenvalue weighted by atomic mass is 32.2. The predicted molar refractivity (Wildman–Crippen MR) is 139 cm³/mol. The van der Waals surface area contributed by atoms with Crippen LogP contribution in [0.2, 0.25) is 0 Å². The molecule has 0 aliphatic heterocycles. The maximum absolute atomic E-state index is 12.5. The van der Waals surface area contributed by atoms with Crippen LogP contribution in [-0.2, 0) is 18.7 Å². The van der Waals surface area contributed by atoms with Gasteiger partial charge in [0.1, 0.15) is 28.0 Å². The van der Waals surface area contributed by atoms with E-state index < -0.39 is 0 Å². The van der Waals surface area contributed by atoms with Crippen molar-refractivity contribution in [3.63, 3.8) is 0 Å². The van der Waals surface area contributed by atoms with Crippen LogP contribution in [0.5, 0.6) is 5.75 Å². The van der Waals surface area contributed by atoms with Gasteiger partial charge >= 0.3 is 0 Å². The van der Waals surface area contributed by atoms with Gasteiger partial charge in [-0.1, -0.05) is 54.2 Å². The van der Waals surface area contributed by atoms with E-state index in [1.54, 1.807) is 24.8 Å². The lowest BCUT2D eigenvalue weighted by molar-refractivity contribution is 0.0943. The zero-order valence-electron chi connectivity index (χ0n) is 19.5. The lowest BCUT2D eigenvalue weighted by atomic mass is 10.1. The molecule has 0 aliphatic rings. The molecule has 0 unspecified atom stereocenters. The summed E-state index contributed by atoms with van der Waals surface area (Å²) in [4.78, 5) is 17.0. The number of furan rings is 1. The SMILES string of the molecule is COc1ccccc1-n1c(Cc2ccccc2)nnc1SCc1nc(C(=O)NCc2ccco2)cs1. The molecule has 0 saturated heterocycles. The molecule has 5 aromatic rings. The first-order valence-electron chi connectivity index (χ1n) is 11.2.